The monoisotopic (exact) mass is 342 g/mol. The van der Waals surface area contributed by atoms with Gasteiger partial charge in [-0.15, -0.1) is 0 Å². The minimum Gasteiger partial charge on any atom is -0.494 e. The topological polar surface area (TPSA) is 72.6 Å². The van der Waals surface area contributed by atoms with Crippen LogP contribution in [0, 0.1) is 19.7 Å². The minimum absolute atomic E-state index is 0.111. The normalized spacial score (nSPS) is 11.9. The summed E-state index contributed by atoms with van der Waals surface area (Å²) in [5, 5.41) is 3.67. The number of ether oxygens (including phenoxy) is 1. The van der Waals surface area contributed by atoms with E-state index in [1.165, 1.54) is 35.6 Å². The van der Waals surface area contributed by atoms with Gasteiger partial charge in [-0.3, -0.25) is 0 Å². The number of aryl methyl sites for hydroxylation is 2. The van der Waals surface area contributed by atoms with Crippen LogP contribution < -0.4 is 4.74 Å². The van der Waals surface area contributed by atoms with Gasteiger partial charge >= 0.3 is 0 Å². The van der Waals surface area contributed by atoms with Crippen molar-refractivity contribution in [3.05, 3.63) is 41.5 Å². The van der Waals surface area contributed by atoms with Gasteiger partial charge in [0.05, 0.1) is 6.61 Å². The van der Waals surface area contributed by atoms with Crippen molar-refractivity contribution in [2.45, 2.75) is 25.2 Å². The van der Waals surface area contributed by atoms with Gasteiger partial charge in [0, 0.05) is 13.6 Å². The smallest absolute Gasteiger partial charge is 0.248 e. The van der Waals surface area contributed by atoms with Gasteiger partial charge in [0.25, 0.3) is 0 Å². The third kappa shape index (κ3) is 4.08. The Bertz CT molecular complexity index is 737. The molecular weight excluding hydrogens is 323 g/mol. The van der Waals surface area contributed by atoms with Gasteiger partial charge < -0.3 is 9.26 Å². The summed E-state index contributed by atoms with van der Waals surface area (Å²) in [6.45, 7) is 3.77. The first kappa shape index (κ1) is 17.4. The van der Waals surface area contributed by atoms with E-state index in [-0.39, 0.29) is 23.0 Å². The van der Waals surface area contributed by atoms with E-state index in [4.69, 9.17) is 9.26 Å². The van der Waals surface area contributed by atoms with Crippen LogP contribution in [-0.4, -0.2) is 38.1 Å². The van der Waals surface area contributed by atoms with E-state index in [0.29, 0.717) is 24.5 Å². The van der Waals surface area contributed by atoms with Gasteiger partial charge in [-0.25, -0.2) is 17.1 Å². The van der Waals surface area contributed by atoms with Crippen LogP contribution in [0.3, 0.4) is 0 Å². The lowest BCUT2D eigenvalue weighted by Gasteiger charge is -2.17. The Balaban J connectivity index is 1.89. The van der Waals surface area contributed by atoms with Crippen LogP contribution in [0.5, 0.6) is 5.75 Å². The second kappa shape index (κ2) is 7.10. The van der Waals surface area contributed by atoms with E-state index in [1.54, 1.807) is 13.8 Å². The molecule has 0 radical (unpaired) electrons. The molecule has 0 saturated heterocycles. The third-order valence-corrected chi connectivity index (χ3v) is 5.44. The Morgan fingerprint density at radius 1 is 1.26 bits per heavy atom. The zero-order valence-electron chi connectivity index (χ0n) is 13.2. The van der Waals surface area contributed by atoms with Crippen LogP contribution >= 0.6 is 0 Å². The fourth-order valence-corrected chi connectivity index (χ4v) is 3.62. The van der Waals surface area contributed by atoms with Crippen molar-refractivity contribution in [2.24, 2.45) is 0 Å². The lowest BCUT2D eigenvalue weighted by atomic mass is 10.3. The Kier molecular flexibility index (Phi) is 5.38. The average Bonchev–Trinajstić information content (AvgIpc) is 2.84. The highest BCUT2D eigenvalue weighted by Crippen LogP contribution is 2.22. The molecule has 0 aliphatic heterocycles. The summed E-state index contributed by atoms with van der Waals surface area (Å²) < 4.78 is 49.3. The van der Waals surface area contributed by atoms with E-state index in [2.05, 4.69) is 5.16 Å². The Morgan fingerprint density at radius 3 is 2.48 bits per heavy atom. The van der Waals surface area contributed by atoms with Gasteiger partial charge in [0.2, 0.25) is 10.0 Å². The maximum absolute atomic E-state index is 12.8. The summed E-state index contributed by atoms with van der Waals surface area (Å²) in [5.41, 5.74) is 0.344. The lowest BCUT2D eigenvalue weighted by molar-refractivity contribution is 0.296. The van der Waals surface area contributed by atoms with Crippen molar-refractivity contribution >= 4 is 10.0 Å². The number of halogens is 1. The zero-order valence-corrected chi connectivity index (χ0v) is 14.1. The highest BCUT2D eigenvalue weighted by molar-refractivity contribution is 7.89. The molecule has 0 atom stereocenters. The number of hydrogen-bond acceptors (Lipinski definition) is 5. The molecule has 2 aromatic rings. The maximum Gasteiger partial charge on any atom is 0.248 e. The molecule has 2 rings (SSSR count). The van der Waals surface area contributed by atoms with Gasteiger partial charge in [-0.1, -0.05) is 5.16 Å². The predicted molar refractivity (Wildman–Crippen MR) is 82.3 cm³/mol. The molecule has 0 saturated carbocycles. The maximum atomic E-state index is 12.8. The summed E-state index contributed by atoms with van der Waals surface area (Å²) in [4.78, 5) is 0.111. The van der Waals surface area contributed by atoms with Crippen molar-refractivity contribution in [3.8, 4) is 5.75 Å². The largest absolute Gasteiger partial charge is 0.494 e. The van der Waals surface area contributed by atoms with Crippen LogP contribution in [0.2, 0.25) is 0 Å². The fourth-order valence-electron chi connectivity index (χ4n) is 2.13. The van der Waals surface area contributed by atoms with Crippen molar-refractivity contribution in [2.75, 3.05) is 20.2 Å². The summed E-state index contributed by atoms with van der Waals surface area (Å²) in [7, 11) is -2.14. The summed E-state index contributed by atoms with van der Waals surface area (Å²) in [6.07, 6.45) is 0.497. The van der Waals surface area contributed by atoms with Crippen LogP contribution in [0.25, 0.3) is 0 Å². The second-order valence-corrected chi connectivity index (χ2v) is 7.12. The van der Waals surface area contributed by atoms with Gasteiger partial charge in [0.1, 0.15) is 22.2 Å². The molecule has 0 N–H and O–H groups in total. The first-order chi connectivity index (χ1) is 10.8. The van der Waals surface area contributed by atoms with Crippen molar-refractivity contribution < 1.29 is 22.1 Å². The van der Waals surface area contributed by atoms with Crippen molar-refractivity contribution in [1.82, 2.24) is 9.46 Å². The molecular formula is C15H19FN2O4S. The molecule has 0 fully saturated rings. The average molecular weight is 342 g/mol. The molecule has 1 heterocycles. The molecule has 0 unspecified atom stereocenters. The Morgan fingerprint density at radius 2 is 1.91 bits per heavy atom. The minimum atomic E-state index is -3.64. The number of nitrogens with zero attached hydrogens (tertiary/aromatic N) is 2. The fraction of sp³-hybridized carbons (Fsp3) is 0.400. The molecule has 6 nitrogen and oxygen atoms in total. The van der Waals surface area contributed by atoms with Gasteiger partial charge in [0.15, 0.2) is 5.76 Å². The second-order valence-electron chi connectivity index (χ2n) is 5.14. The molecule has 23 heavy (non-hydrogen) atoms. The molecule has 0 bridgehead atoms. The molecule has 1 aromatic carbocycles. The first-order valence-electron chi connectivity index (χ1n) is 7.10. The van der Waals surface area contributed by atoms with Crippen LogP contribution in [-0.2, 0) is 10.0 Å². The third-order valence-electron chi connectivity index (χ3n) is 3.34. The molecule has 0 amide bonds. The number of rotatable bonds is 7. The lowest BCUT2D eigenvalue weighted by Crippen LogP contribution is -2.29. The highest BCUT2D eigenvalue weighted by atomic mass is 32.2. The van der Waals surface area contributed by atoms with Gasteiger partial charge in [-0.2, -0.15) is 0 Å². The standard InChI is InChI=1S/C15H19FN2O4S/c1-11-15(12(2)22-17-11)23(19,20)18(3)9-4-10-21-14-7-5-13(16)6-8-14/h5-8H,4,9-10H2,1-3H3. The quantitative estimate of drug-likeness (QED) is 0.723. The van der Waals surface area contributed by atoms with E-state index < -0.39 is 10.0 Å². The molecule has 8 heteroatoms. The highest BCUT2D eigenvalue weighted by Gasteiger charge is 2.28. The zero-order chi connectivity index (χ0) is 17.0. The van der Waals surface area contributed by atoms with Gasteiger partial charge in [-0.05, 0) is 44.5 Å². The first-order valence-corrected chi connectivity index (χ1v) is 8.54. The number of aromatic nitrogens is 1. The number of hydrogen-bond donors (Lipinski definition) is 0. The summed E-state index contributed by atoms with van der Waals surface area (Å²) in [5.74, 6) is 0.488. The summed E-state index contributed by atoms with van der Waals surface area (Å²) in [6, 6.07) is 5.67. The molecule has 1 aromatic heterocycles. The Labute approximate surface area is 134 Å². The van der Waals surface area contributed by atoms with Crippen LogP contribution in [0.1, 0.15) is 17.9 Å². The van der Waals surface area contributed by atoms with Crippen molar-refractivity contribution in [3.63, 3.8) is 0 Å². The van der Waals surface area contributed by atoms with E-state index >= 15 is 0 Å². The number of sulfonamides is 1. The summed E-state index contributed by atoms with van der Waals surface area (Å²) >= 11 is 0. The number of benzene rings is 1. The Hall–Kier alpha value is -1.93. The van der Waals surface area contributed by atoms with Crippen LogP contribution in [0.15, 0.2) is 33.7 Å². The molecule has 0 aliphatic carbocycles. The van der Waals surface area contributed by atoms with E-state index in [1.807, 2.05) is 0 Å². The molecule has 126 valence electrons. The molecule has 0 aliphatic rings. The predicted octanol–water partition coefficient (Wildman–Crippen LogP) is 2.52. The van der Waals surface area contributed by atoms with E-state index in [0.717, 1.165) is 0 Å². The van der Waals surface area contributed by atoms with Crippen LogP contribution in [0.4, 0.5) is 4.39 Å². The van der Waals surface area contributed by atoms with E-state index in [9.17, 15) is 12.8 Å². The SMILES string of the molecule is Cc1noc(C)c1S(=O)(=O)N(C)CCCOc1ccc(F)cc1. The van der Waals surface area contributed by atoms with Crippen molar-refractivity contribution in [1.29, 1.82) is 0 Å². The molecule has 0 spiro atoms.